The molecule has 0 spiro atoms. The number of hydrogen-bond donors (Lipinski definition) is 3. The van der Waals surface area contributed by atoms with E-state index in [0.29, 0.717) is 0 Å². The van der Waals surface area contributed by atoms with Crippen molar-refractivity contribution >= 4 is 5.91 Å². The van der Waals surface area contributed by atoms with Crippen LogP contribution in [-0.4, -0.2) is 18.0 Å². The molecule has 1 amide bonds. The summed E-state index contributed by atoms with van der Waals surface area (Å²) < 4.78 is 0. The lowest BCUT2D eigenvalue weighted by molar-refractivity contribution is -0.123. The number of carbonyl (C=O) groups is 1. The molecular formula is C20H25N3O. The van der Waals surface area contributed by atoms with Crippen molar-refractivity contribution in [2.75, 3.05) is 0 Å². The van der Waals surface area contributed by atoms with Crippen LogP contribution in [0.5, 0.6) is 0 Å². The number of benzene rings is 2. The Labute approximate surface area is 143 Å². The Morgan fingerprint density at radius 3 is 2.46 bits per heavy atom. The van der Waals surface area contributed by atoms with Crippen LogP contribution in [0, 0.1) is 0 Å². The Morgan fingerprint density at radius 1 is 1.08 bits per heavy atom. The molecular weight excluding hydrogens is 298 g/mol. The summed E-state index contributed by atoms with van der Waals surface area (Å²) in [7, 11) is 0. The molecule has 24 heavy (non-hydrogen) atoms. The van der Waals surface area contributed by atoms with Gasteiger partial charge in [0, 0.05) is 12.1 Å². The summed E-state index contributed by atoms with van der Waals surface area (Å²) in [5.74, 6) is 0.0708. The van der Waals surface area contributed by atoms with Gasteiger partial charge in [0.2, 0.25) is 5.91 Å². The number of hydrazine groups is 1. The van der Waals surface area contributed by atoms with Gasteiger partial charge in [-0.05, 0) is 37.3 Å². The summed E-state index contributed by atoms with van der Waals surface area (Å²) in [5.41, 5.74) is 8.86. The second kappa shape index (κ2) is 8.08. The van der Waals surface area contributed by atoms with Gasteiger partial charge in [-0.15, -0.1) is 0 Å². The number of nitrogens with one attached hydrogen (secondary N) is 3. The fraction of sp³-hybridized carbons (Fsp3) is 0.350. The minimum Gasteiger partial charge on any atom is -0.352 e. The summed E-state index contributed by atoms with van der Waals surface area (Å²) in [6.45, 7) is 2.07. The lowest BCUT2D eigenvalue weighted by atomic mass is 10.0. The van der Waals surface area contributed by atoms with Crippen LogP contribution in [0.2, 0.25) is 0 Å². The van der Waals surface area contributed by atoms with E-state index in [1.165, 1.54) is 11.1 Å². The van der Waals surface area contributed by atoms with Gasteiger partial charge in [0.05, 0.1) is 0 Å². The van der Waals surface area contributed by atoms with Crippen LogP contribution in [0.25, 0.3) is 0 Å². The minimum absolute atomic E-state index is 0.0708. The maximum Gasteiger partial charge on any atom is 0.238 e. The summed E-state index contributed by atoms with van der Waals surface area (Å²) in [5, 5.41) is 3.12. The third kappa shape index (κ3) is 4.43. The number of aryl methyl sites for hydroxylation is 1. The first kappa shape index (κ1) is 16.7. The molecule has 0 bridgehead atoms. The highest BCUT2D eigenvalue weighted by Crippen LogP contribution is 2.21. The van der Waals surface area contributed by atoms with Gasteiger partial charge in [0.15, 0.2) is 0 Å². The van der Waals surface area contributed by atoms with Gasteiger partial charge in [0.25, 0.3) is 0 Å². The fourth-order valence-electron chi connectivity index (χ4n) is 3.08. The second-order valence-corrected chi connectivity index (χ2v) is 6.47. The van der Waals surface area contributed by atoms with Crippen LogP contribution < -0.4 is 16.2 Å². The van der Waals surface area contributed by atoms with E-state index in [1.54, 1.807) is 0 Å². The molecule has 1 fully saturated rings. The second-order valence-electron chi connectivity index (χ2n) is 6.47. The highest BCUT2D eigenvalue weighted by atomic mass is 16.2. The van der Waals surface area contributed by atoms with Gasteiger partial charge in [0.1, 0.15) is 6.04 Å². The highest BCUT2D eigenvalue weighted by molar-refractivity contribution is 5.82. The summed E-state index contributed by atoms with van der Waals surface area (Å²) in [6, 6.07) is 20.8. The van der Waals surface area contributed by atoms with Gasteiger partial charge < -0.3 is 5.32 Å². The molecule has 0 saturated carbocycles. The Kier molecular flexibility index (Phi) is 5.62. The molecule has 3 unspecified atom stereocenters. The molecule has 3 atom stereocenters. The van der Waals surface area contributed by atoms with Crippen LogP contribution >= 0.6 is 0 Å². The van der Waals surface area contributed by atoms with E-state index in [9.17, 15) is 4.79 Å². The Balaban J connectivity index is 1.45. The van der Waals surface area contributed by atoms with Crippen molar-refractivity contribution in [2.24, 2.45) is 0 Å². The molecule has 2 aromatic carbocycles. The Hall–Kier alpha value is -2.17. The lowest BCUT2D eigenvalue weighted by Gasteiger charge is -2.17. The van der Waals surface area contributed by atoms with E-state index in [1.807, 2.05) is 24.3 Å². The quantitative estimate of drug-likeness (QED) is 0.766. The lowest BCUT2D eigenvalue weighted by Crippen LogP contribution is -2.46. The normalized spacial score (nSPS) is 21.4. The zero-order chi connectivity index (χ0) is 16.8. The molecule has 0 radical (unpaired) electrons. The molecule has 126 valence electrons. The third-order valence-electron chi connectivity index (χ3n) is 4.52. The maximum absolute atomic E-state index is 12.4. The van der Waals surface area contributed by atoms with Crippen LogP contribution in [-0.2, 0) is 11.2 Å². The van der Waals surface area contributed by atoms with Gasteiger partial charge in [-0.1, -0.05) is 60.7 Å². The zero-order valence-corrected chi connectivity index (χ0v) is 14.0. The topological polar surface area (TPSA) is 53.2 Å². The van der Waals surface area contributed by atoms with E-state index >= 15 is 0 Å². The number of rotatable bonds is 6. The molecule has 1 aliphatic heterocycles. The molecule has 3 rings (SSSR count). The number of amides is 1. The van der Waals surface area contributed by atoms with Crippen LogP contribution in [0.1, 0.15) is 36.9 Å². The first-order valence-corrected chi connectivity index (χ1v) is 8.62. The molecule has 1 saturated heterocycles. The molecule has 1 aliphatic rings. The van der Waals surface area contributed by atoms with Crippen LogP contribution in [0.15, 0.2) is 60.7 Å². The molecule has 2 aromatic rings. The van der Waals surface area contributed by atoms with Gasteiger partial charge in [-0.25, -0.2) is 10.9 Å². The SMILES string of the molecule is CC(CCc1ccccc1)NC(=O)C1CC(c2ccccc2)NN1. The van der Waals surface area contributed by atoms with Crippen molar-refractivity contribution in [1.82, 2.24) is 16.2 Å². The zero-order valence-electron chi connectivity index (χ0n) is 14.0. The fourth-order valence-corrected chi connectivity index (χ4v) is 3.08. The van der Waals surface area contributed by atoms with E-state index in [4.69, 9.17) is 0 Å². The molecule has 3 N–H and O–H groups in total. The van der Waals surface area contributed by atoms with Gasteiger partial charge >= 0.3 is 0 Å². The van der Waals surface area contributed by atoms with Gasteiger partial charge in [-0.2, -0.15) is 0 Å². The average molecular weight is 323 g/mol. The minimum atomic E-state index is -0.186. The standard InChI is InChI=1S/C20H25N3O/c1-15(12-13-16-8-4-2-5-9-16)21-20(24)19-14-18(22-23-19)17-10-6-3-7-11-17/h2-11,15,18-19,22-23H,12-14H2,1H3,(H,21,24). The number of hydrogen-bond acceptors (Lipinski definition) is 3. The predicted molar refractivity (Wildman–Crippen MR) is 96.2 cm³/mol. The Bertz CT molecular complexity index is 644. The van der Waals surface area contributed by atoms with E-state index < -0.39 is 0 Å². The van der Waals surface area contributed by atoms with E-state index in [-0.39, 0.29) is 24.0 Å². The van der Waals surface area contributed by atoms with Crippen LogP contribution in [0.4, 0.5) is 0 Å². The van der Waals surface area contributed by atoms with Crippen molar-refractivity contribution in [3.63, 3.8) is 0 Å². The van der Waals surface area contributed by atoms with Crippen molar-refractivity contribution in [2.45, 2.75) is 44.3 Å². The summed E-state index contributed by atoms with van der Waals surface area (Å²) in [4.78, 5) is 12.4. The monoisotopic (exact) mass is 323 g/mol. The summed E-state index contributed by atoms with van der Waals surface area (Å²) >= 11 is 0. The van der Waals surface area contributed by atoms with Gasteiger partial charge in [-0.3, -0.25) is 4.79 Å². The van der Waals surface area contributed by atoms with E-state index in [0.717, 1.165) is 19.3 Å². The average Bonchev–Trinajstić information content (AvgIpc) is 3.12. The van der Waals surface area contributed by atoms with Crippen molar-refractivity contribution in [1.29, 1.82) is 0 Å². The van der Waals surface area contributed by atoms with Crippen LogP contribution in [0.3, 0.4) is 0 Å². The molecule has 4 heteroatoms. The largest absolute Gasteiger partial charge is 0.352 e. The first-order chi connectivity index (χ1) is 11.7. The highest BCUT2D eigenvalue weighted by Gasteiger charge is 2.30. The first-order valence-electron chi connectivity index (χ1n) is 8.62. The van der Waals surface area contributed by atoms with E-state index in [2.05, 4.69) is 59.5 Å². The summed E-state index contributed by atoms with van der Waals surface area (Å²) in [6.07, 6.45) is 2.69. The van der Waals surface area contributed by atoms with Crippen molar-refractivity contribution in [3.8, 4) is 0 Å². The predicted octanol–water partition coefficient (Wildman–Crippen LogP) is 2.73. The van der Waals surface area contributed by atoms with Crippen molar-refractivity contribution < 1.29 is 4.79 Å². The molecule has 0 aliphatic carbocycles. The maximum atomic E-state index is 12.4. The number of carbonyl (C=O) groups excluding carboxylic acids is 1. The third-order valence-corrected chi connectivity index (χ3v) is 4.52. The molecule has 4 nitrogen and oxygen atoms in total. The smallest absolute Gasteiger partial charge is 0.238 e. The Morgan fingerprint density at radius 2 is 1.75 bits per heavy atom. The van der Waals surface area contributed by atoms with Crippen molar-refractivity contribution in [3.05, 3.63) is 71.8 Å². The molecule has 0 aromatic heterocycles. The molecule has 1 heterocycles.